The lowest BCUT2D eigenvalue weighted by atomic mass is 10.0. The van der Waals surface area contributed by atoms with Crippen LogP contribution in [0.4, 0.5) is 4.39 Å². The minimum absolute atomic E-state index is 0.339. The number of hydrogen-bond donors (Lipinski definition) is 2. The molecule has 0 fully saturated rings. The Labute approximate surface area is 125 Å². The molecule has 0 aromatic carbocycles. The lowest BCUT2D eigenvalue weighted by Crippen LogP contribution is -2.44. The summed E-state index contributed by atoms with van der Waals surface area (Å²) >= 11 is 16.1. The number of aliphatic carboxylic acids is 1. The summed E-state index contributed by atoms with van der Waals surface area (Å²) < 4.78 is 11.7. The highest BCUT2D eigenvalue weighted by Gasteiger charge is 2.34. The zero-order valence-electron chi connectivity index (χ0n) is 10.6. The zero-order chi connectivity index (χ0) is 15.4. The molecule has 0 aliphatic heterocycles. The van der Waals surface area contributed by atoms with Crippen LogP contribution in [0.1, 0.15) is 20.8 Å². The summed E-state index contributed by atoms with van der Waals surface area (Å²) in [5.41, 5.74) is 0. The fourth-order valence-corrected chi connectivity index (χ4v) is 1.35. The molecule has 1 amide bonds. The number of hydrogen-bond acceptors (Lipinski definition) is 2. The summed E-state index contributed by atoms with van der Waals surface area (Å²) in [5.74, 6) is -4.29. The summed E-state index contributed by atoms with van der Waals surface area (Å²) in [6, 6.07) is -1.05. The van der Waals surface area contributed by atoms with E-state index in [1.165, 1.54) is 6.92 Å². The second kappa shape index (κ2) is 7.31. The van der Waals surface area contributed by atoms with Gasteiger partial charge in [0.25, 0.3) is 9.70 Å². The summed E-state index contributed by atoms with van der Waals surface area (Å²) in [6.45, 7) is 4.60. The molecule has 19 heavy (non-hydrogen) atoms. The van der Waals surface area contributed by atoms with Crippen molar-refractivity contribution in [2.24, 2.45) is 11.8 Å². The Bertz CT molecular complexity index is 380. The van der Waals surface area contributed by atoms with Crippen LogP contribution in [0.2, 0.25) is 0 Å². The molecule has 0 saturated carbocycles. The number of carbonyl (C=O) groups excluding carboxylic acids is 1. The largest absolute Gasteiger partial charge is 0.481 e. The van der Waals surface area contributed by atoms with E-state index in [0.29, 0.717) is 0 Å². The van der Waals surface area contributed by atoms with Crippen LogP contribution >= 0.6 is 34.8 Å². The summed E-state index contributed by atoms with van der Waals surface area (Å²) in [4.78, 5) is 22.1. The minimum Gasteiger partial charge on any atom is -0.481 e. The maximum absolute atomic E-state index is 13.9. The molecule has 0 aliphatic rings. The predicted octanol–water partition coefficient (Wildman–Crippen LogP) is 3.07. The molecule has 0 saturated heterocycles. The molecule has 0 heterocycles. The van der Waals surface area contributed by atoms with Crippen molar-refractivity contribution in [1.29, 1.82) is 0 Å². The van der Waals surface area contributed by atoms with E-state index in [0.717, 1.165) is 6.08 Å². The first-order valence-electron chi connectivity index (χ1n) is 5.44. The third-order valence-electron chi connectivity index (χ3n) is 2.31. The number of nitrogens with one attached hydrogen (secondary N) is 1. The predicted molar refractivity (Wildman–Crippen MR) is 73.0 cm³/mol. The lowest BCUT2D eigenvalue weighted by molar-refractivity contribution is -0.139. The van der Waals surface area contributed by atoms with Crippen molar-refractivity contribution in [3.63, 3.8) is 0 Å². The number of rotatable bonds is 5. The minimum atomic E-state index is -2.20. The molecular formula is C11H15Cl3FNO3. The number of amides is 1. The highest BCUT2D eigenvalue weighted by Crippen LogP contribution is 2.27. The van der Waals surface area contributed by atoms with Gasteiger partial charge >= 0.3 is 5.97 Å². The van der Waals surface area contributed by atoms with E-state index >= 15 is 0 Å². The van der Waals surface area contributed by atoms with Gasteiger partial charge in [0.15, 0.2) is 0 Å². The smallest absolute Gasteiger partial charge is 0.310 e. The average Bonchev–Trinajstić information content (AvgIpc) is 2.22. The fraction of sp³-hybridized carbons (Fsp3) is 0.636. The first-order chi connectivity index (χ1) is 8.46. The Morgan fingerprint density at radius 3 is 2.05 bits per heavy atom. The monoisotopic (exact) mass is 333 g/mol. The summed E-state index contributed by atoms with van der Waals surface area (Å²) in [6.07, 6.45) is 0.908. The number of carboxylic acid groups (broad SMARTS) is 1. The van der Waals surface area contributed by atoms with Crippen molar-refractivity contribution in [3.05, 3.63) is 11.9 Å². The maximum atomic E-state index is 13.9. The molecule has 4 nitrogen and oxygen atoms in total. The Kier molecular flexibility index (Phi) is 7.11. The van der Waals surface area contributed by atoms with Crippen LogP contribution in [-0.4, -0.2) is 26.8 Å². The topological polar surface area (TPSA) is 66.4 Å². The number of halogens is 4. The number of carboxylic acids is 1. The van der Waals surface area contributed by atoms with Crippen molar-refractivity contribution in [3.8, 4) is 0 Å². The maximum Gasteiger partial charge on any atom is 0.310 e. The molecule has 0 bridgehead atoms. The number of carbonyl (C=O) groups is 2. The zero-order valence-corrected chi connectivity index (χ0v) is 12.9. The van der Waals surface area contributed by atoms with Crippen molar-refractivity contribution in [2.45, 2.75) is 30.6 Å². The Balaban J connectivity index is 5.03. The first kappa shape index (κ1) is 18.5. The molecule has 0 aliphatic carbocycles. The lowest BCUT2D eigenvalue weighted by Gasteiger charge is -2.23. The SMILES string of the molecule is CC(C=C(F)C(NC(=O)C(Cl)(Cl)Cl)C(C)C)C(=O)O. The van der Waals surface area contributed by atoms with Crippen LogP contribution in [0.5, 0.6) is 0 Å². The molecule has 2 atom stereocenters. The molecule has 0 aromatic heterocycles. The standard InChI is InChI=1S/C11H15Cl3FNO3/c1-5(2)8(16-10(19)11(12,13)14)7(15)4-6(3)9(17)18/h4-6,8H,1-3H3,(H,16,19)(H,17,18). The van der Waals surface area contributed by atoms with E-state index in [9.17, 15) is 14.0 Å². The van der Waals surface area contributed by atoms with Crippen molar-refractivity contribution in [1.82, 2.24) is 5.32 Å². The molecular weight excluding hydrogens is 319 g/mol. The number of alkyl halides is 3. The van der Waals surface area contributed by atoms with Crippen molar-refractivity contribution in [2.75, 3.05) is 0 Å². The van der Waals surface area contributed by atoms with Gasteiger partial charge < -0.3 is 10.4 Å². The highest BCUT2D eigenvalue weighted by molar-refractivity contribution is 6.76. The summed E-state index contributed by atoms with van der Waals surface area (Å²) in [5, 5.41) is 10.9. The van der Waals surface area contributed by atoms with Crippen molar-refractivity contribution < 1.29 is 19.1 Å². The second-order valence-corrected chi connectivity index (χ2v) is 6.65. The van der Waals surface area contributed by atoms with E-state index in [1.54, 1.807) is 13.8 Å². The van der Waals surface area contributed by atoms with E-state index < -0.39 is 33.5 Å². The van der Waals surface area contributed by atoms with Gasteiger partial charge in [-0.05, 0) is 18.9 Å². The molecule has 0 radical (unpaired) electrons. The van der Waals surface area contributed by atoms with Gasteiger partial charge in [-0.15, -0.1) is 0 Å². The molecule has 0 spiro atoms. The Morgan fingerprint density at radius 1 is 1.26 bits per heavy atom. The third-order valence-corrected chi connectivity index (χ3v) is 2.82. The Morgan fingerprint density at radius 2 is 1.74 bits per heavy atom. The molecule has 2 N–H and O–H groups in total. The Hall–Kier alpha value is -0.520. The van der Waals surface area contributed by atoms with Gasteiger partial charge in [0, 0.05) is 0 Å². The van der Waals surface area contributed by atoms with Gasteiger partial charge in [0.1, 0.15) is 5.83 Å². The first-order valence-corrected chi connectivity index (χ1v) is 6.58. The van der Waals surface area contributed by atoms with Gasteiger partial charge in [-0.1, -0.05) is 48.7 Å². The van der Waals surface area contributed by atoms with Crippen LogP contribution in [0, 0.1) is 11.8 Å². The van der Waals surface area contributed by atoms with Gasteiger partial charge in [0.05, 0.1) is 12.0 Å². The van der Waals surface area contributed by atoms with Gasteiger partial charge in [0.2, 0.25) is 0 Å². The highest BCUT2D eigenvalue weighted by atomic mass is 35.6. The van der Waals surface area contributed by atoms with Crippen LogP contribution in [0.25, 0.3) is 0 Å². The normalized spacial score (nSPS) is 16.1. The van der Waals surface area contributed by atoms with Gasteiger partial charge in [-0.2, -0.15) is 0 Å². The van der Waals surface area contributed by atoms with Crippen molar-refractivity contribution >= 4 is 46.7 Å². The van der Waals surface area contributed by atoms with E-state index in [1.807, 2.05) is 0 Å². The molecule has 0 rings (SSSR count). The van der Waals surface area contributed by atoms with E-state index in [4.69, 9.17) is 39.9 Å². The average molecular weight is 335 g/mol. The van der Waals surface area contributed by atoms with Crippen LogP contribution in [0.3, 0.4) is 0 Å². The molecule has 0 aromatic rings. The molecule has 2 unspecified atom stereocenters. The van der Waals surface area contributed by atoms with Crippen LogP contribution in [-0.2, 0) is 9.59 Å². The van der Waals surface area contributed by atoms with E-state index in [2.05, 4.69) is 5.32 Å². The van der Waals surface area contributed by atoms with Gasteiger partial charge in [-0.3, -0.25) is 9.59 Å². The van der Waals surface area contributed by atoms with Crippen LogP contribution < -0.4 is 5.32 Å². The molecule has 110 valence electrons. The summed E-state index contributed by atoms with van der Waals surface area (Å²) in [7, 11) is 0. The quantitative estimate of drug-likeness (QED) is 0.759. The molecule has 8 heteroatoms. The second-order valence-electron chi connectivity index (χ2n) is 4.37. The van der Waals surface area contributed by atoms with Gasteiger partial charge in [-0.25, -0.2) is 4.39 Å². The van der Waals surface area contributed by atoms with Crippen LogP contribution in [0.15, 0.2) is 11.9 Å². The third kappa shape index (κ3) is 6.45. The fourth-order valence-electron chi connectivity index (χ4n) is 1.19. The van der Waals surface area contributed by atoms with E-state index in [-0.39, 0.29) is 5.92 Å².